The summed E-state index contributed by atoms with van der Waals surface area (Å²) in [7, 11) is 1.41. The maximum Gasteiger partial charge on any atom is 0.343 e. The predicted octanol–water partition coefficient (Wildman–Crippen LogP) is 1.67. The number of amides is 1. The van der Waals surface area contributed by atoms with Gasteiger partial charge in [0.1, 0.15) is 5.82 Å². The lowest BCUT2D eigenvalue weighted by molar-refractivity contribution is 0.0848. The normalized spacial score (nSPS) is 15.7. The lowest BCUT2D eigenvalue weighted by Gasteiger charge is -2.42. The summed E-state index contributed by atoms with van der Waals surface area (Å²) in [4.78, 5) is 25.7. The maximum absolute atomic E-state index is 13.9. The standard InChI is InChI=1S/C16H17F3N4O2/c1-23-15(25)21-13(22-23)14(24)20-8-16(3-2-4-16)7-9-5-11(18)12(19)6-10(9)17/h5-6H,2-4,7-8H2,1H3,(H,20,24)(H,21,22,25). The molecule has 1 aromatic carbocycles. The topological polar surface area (TPSA) is 79.8 Å². The monoisotopic (exact) mass is 354 g/mol. The summed E-state index contributed by atoms with van der Waals surface area (Å²) in [5, 5.41) is 6.43. The molecular formula is C16H17F3N4O2. The van der Waals surface area contributed by atoms with E-state index in [2.05, 4.69) is 15.4 Å². The molecular weight excluding hydrogens is 337 g/mol. The van der Waals surface area contributed by atoms with Gasteiger partial charge in [0.15, 0.2) is 11.6 Å². The third kappa shape index (κ3) is 3.45. The fourth-order valence-electron chi connectivity index (χ4n) is 3.05. The average molecular weight is 354 g/mol. The van der Waals surface area contributed by atoms with Gasteiger partial charge in [-0.15, -0.1) is 5.10 Å². The Kier molecular flexibility index (Phi) is 4.40. The Morgan fingerprint density at radius 3 is 2.52 bits per heavy atom. The Morgan fingerprint density at radius 1 is 1.28 bits per heavy atom. The molecule has 0 radical (unpaired) electrons. The molecule has 9 heteroatoms. The molecule has 1 aliphatic carbocycles. The van der Waals surface area contributed by atoms with E-state index < -0.39 is 34.5 Å². The summed E-state index contributed by atoms with van der Waals surface area (Å²) in [6.45, 7) is 0.225. The molecule has 2 N–H and O–H groups in total. The zero-order chi connectivity index (χ0) is 18.2. The van der Waals surface area contributed by atoms with Gasteiger partial charge in [-0.2, -0.15) is 0 Å². The van der Waals surface area contributed by atoms with Crippen molar-refractivity contribution >= 4 is 5.91 Å². The van der Waals surface area contributed by atoms with E-state index in [1.807, 2.05) is 0 Å². The van der Waals surface area contributed by atoms with Crippen molar-refractivity contribution in [3.05, 3.63) is 51.5 Å². The predicted molar refractivity (Wildman–Crippen MR) is 82.5 cm³/mol. The Hall–Kier alpha value is -2.58. The molecule has 6 nitrogen and oxygen atoms in total. The largest absolute Gasteiger partial charge is 0.349 e. The molecule has 1 amide bonds. The molecule has 1 aromatic heterocycles. The van der Waals surface area contributed by atoms with Crippen LogP contribution in [0.4, 0.5) is 13.2 Å². The first kappa shape index (κ1) is 17.2. The van der Waals surface area contributed by atoms with Gasteiger partial charge in [-0.1, -0.05) is 6.42 Å². The highest BCUT2D eigenvalue weighted by Gasteiger charge is 2.38. The Bertz CT molecular complexity index is 871. The van der Waals surface area contributed by atoms with Crippen molar-refractivity contribution in [1.82, 2.24) is 20.1 Å². The van der Waals surface area contributed by atoms with Gasteiger partial charge >= 0.3 is 5.69 Å². The van der Waals surface area contributed by atoms with Crippen LogP contribution in [0.25, 0.3) is 0 Å². The van der Waals surface area contributed by atoms with Gasteiger partial charge in [0.05, 0.1) is 0 Å². The van der Waals surface area contributed by atoms with Crippen molar-refractivity contribution in [2.45, 2.75) is 25.7 Å². The number of halogens is 3. The van der Waals surface area contributed by atoms with Crippen molar-refractivity contribution in [3.63, 3.8) is 0 Å². The number of H-pyrrole nitrogens is 1. The second-order valence-electron chi connectivity index (χ2n) is 6.47. The lowest BCUT2D eigenvalue weighted by Crippen LogP contribution is -2.44. The summed E-state index contributed by atoms with van der Waals surface area (Å²) in [6, 6.07) is 1.40. The van der Waals surface area contributed by atoms with E-state index in [1.165, 1.54) is 7.05 Å². The zero-order valence-electron chi connectivity index (χ0n) is 13.5. The van der Waals surface area contributed by atoms with Crippen LogP contribution >= 0.6 is 0 Å². The first-order chi connectivity index (χ1) is 11.8. The molecule has 134 valence electrons. The number of aromatic amines is 1. The number of carbonyl (C=O) groups excluding carboxylic acids is 1. The molecule has 0 spiro atoms. The number of hydrogen-bond donors (Lipinski definition) is 2. The lowest BCUT2D eigenvalue weighted by atomic mass is 9.65. The molecule has 0 atom stereocenters. The molecule has 2 aromatic rings. The van der Waals surface area contributed by atoms with E-state index in [0.29, 0.717) is 6.07 Å². The van der Waals surface area contributed by atoms with Crippen LogP contribution in [0.2, 0.25) is 0 Å². The number of nitrogens with one attached hydrogen (secondary N) is 2. The minimum absolute atomic E-state index is 0.0825. The number of carbonyl (C=O) groups is 1. The van der Waals surface area contributed by atoms with Crippen LogP contribution in [0, 0.1) is 22.9 Å². The summed E-state index contributed by atoms with van der Waals surface area (Å²) in [5.74, 6) is -3.78. The summed E-state index contributed by atoms with van der Waals surface area (Å²) < 4.78 is 41.3. The molecule has 3 rings (SSSR count). The van der Waals surface area contributed by atoms with E-state index >= 15 is 0 Å². The summed E-state index contributed by atoms with van der Waals surface area (Å²) in [5.41, 5.74) is -0.845. The Balaban J connectivity index is 1.70. The Labute approximate surface area is 141 Å². The highest BCUT2D eigenvalue weighted by Crippen LogP contribution is 2.43. The van der Waals surface area contributed by atoms with Crippen molar-refractivity contribution < 1.29 is 18.0 Å². The fraction of sp³-hybridized carbons (Fsp3) is 0.438. The molecule has 1 heterocycles. The number of hydrogen-bond acceptors (Lipinski definition) is 3. The van der Waals surface area contributed by atoms with Gasteiger partial charge in [0, 0.05) is 19.7 Å². The number of rotatable bonds is 5. The first-order valence-corrected chi connectivity index (χ1v) is 7.85. The van der Waals surface area contributed by atoms with E-state index in [1.54, 1.807) is 0 Å². The molecule has 0 aliphatic heterocycles. The SMILES string of the molecule is Cn1nc(C(=O)NCC2(Cc3cc(F)c(F)cc3F)CCC2)[nH]c1=O. The molecule has 0 bridgehead atoms. The van der Waals surface area contributed by atoms with Gasteiger partial charge in [-0.3, -0.25) is 9.78 Å². The molecule has 1 fully saturated rings. The van der Waals surface area contributed by atoms with Gasteiger partial charge in [0.25, 0.3) is 5.91 Å². The molecule has 0 unspecified atom stereocenters. The first-order valence-electron chi connectivity index (χ1n) is 7.85. The van der Waals surface area contributed by atoms with E-state index in [9.17, 15) is 22.8 Å². The van der Waals surface area contributed by atoms with E-state index in [-0.39, 0.29) is 24.4 Å². The van der Waals surface area contributed by atoms with Gasteiger partial charge in [-0.05, 0) is 36.3 Å². The third-order valence-corrected chi connectivity index (χ3v) is 4.68. The van der Waals surface area contributed by atoms with E-state index in [4.69, 9.17) is 0 Å². The second-order valence-corrected chi connectivity index (χ2v) is 6.47. The van der Waals surface area contributed by atoms with Crippen LogP contribution in [0.1, 0.15) is 35.4 Å². The zero-order valence-corrected chi connectivity index (χ0v) is 13.5. The minimum Gasteiger partial charge on any atom is -0.349 e. The molecule has 25 heavy (non-hydrogen) atoms. The molecule has 1 saturated carbocycles. The average Bonchev–Trinajstić information content (AvgIpc) is 2.86. The van der Waals surface area contributed by atoms with Crippen LogP contribution < -0.4 is 11.0 Å². The highest BCUT2D eigenvalue weighted by molar-refractivity contribution is 5.90. The molecule has 1 aliphatic rings. The van der Waals surface area contributed by atoms with Crippen LogP contribution in [0.3, 0.4) is 0 Å². The second kappa shape index (κ2) is 6.38. The van der Waals surface area contributed by atoms with E-state index in [0.717, 1.165) is 30.0 Å². The summed E-state index contributed by atoms with van der Waals surface area (Å²) >= 11 is 0. The van der Waals surface area contributed by atoms with Crippen LogP contribution in [0.15, 0.2) is 16.9 Å². The summed E-state index contributed by atoms with van der Waals surface area (Å²) in [6.07, 6.45) is 2.55. The smallest absolute Gasteiger partial charge is 0.343 e. The van der Waals surface area contributed by atoms with Crippen molar-refractivity contribution in [1.29, 1.82) is 0 Å². The minimum atomic E-state index is -1.23. The Morgan fingerprint density at radius 2 is 1.96 bits per heavy atom. The highest BCUT2D eigenvalue weighted by atomic mass is 19.2. The number of aromatic nitrogens is 3. The molecule has 0 saturated heterocycles. The number of nitrogens with zero attached hydrogens (tertiary/aromatic N) is 2. The quantitative estimate of drug-likeness (QED) is 0.802. The number of aryl methyl sites for hydroxylation is 1. The number of benzene rings is 1. The van der Waals surface area contributed by atoms with Crippen molar-refractivity contribution in [3.8, 4) is 0 Å². The van der Waals surface area contributed by atoms with Crippen LogP contribution in [-0.2, 0) is 13.5 Å². The maximum atomic E-state index is 13.9. The van der Waals surface area contributed by atoms with Crippen molar-refractivity contribution in [2.24, 2.45) is 12.5 Å². The third-order valence-electron chi connectivity index (χ3n) is 4.68. The van der Waals surface area contributed by atoms with Gasteiger partial charge in [0.2, 0.25) is 5.82 Å². The fourth-order valence-corrected chi connectivity index (χ4v) is 3.05. The van der Waals surface area contributed by atoms with Gasteiger partial charge in [-0.25, -0.2) is 22.6 Å². The van der Waals surface area contributed by atoms with Crippen molar-refractivity contribution in [2.75, 3.05) is 6.54 Å². The van der Waals surface area contributed by atoms with Crippen LogP contribution in [-0.4, -0.2) is 27.2 Å². The van der Waals surface area contributed by atoms with Crippen LogP contribution in [0.5, 0.6) is 0 Å². The van der Waals surface area contributed by atoms with Gasteiger partial charge < -0.3 is 5.32 Å².